The van der Waals surface area contributed by atoms with E-state index in [0.29, 0.717) is 5.56 Å². The van der Waals surface area contributed by atoms with Crippen LogP contribution in [-0.4, -0.2) is 29.2 Å². The SMILES string of the molecule is N#Cc1c(-c2ccc(Br)cc2)nn(C2(C(F)(F)F)CCOCC2)c1N. The van der Waals surface area contributed by atoms with Gasteiger partial charge in [-0.2, -0.15) is 23.5 Å². The van der Waals surface area contributed by atoms with E-state index in [1.165, 1.54) is 0 Å². The van der Waals surface area contributed by atoms with Gasteiger partial charge >= 0.3 is 6.18 Å². The maximum Gasteiger partial charge on any atom is 0.413 e. The molecule has 1 saturated heterocycles. The third kappa shape index (κ3) is 2.89. The average Bonchev–Trinajstić information content (AvgIpc) is 2.92. The fourth-order valence-electron chi connectivity index (χ4n) is 3.00. The molecule has 1 aliphatic heterocycles. The lowest BCUT2D eigenvalue weighted by Crippen LogP contribution is -2.52. The zero-order valence-electron chi connectivity index (χ0n) is 13.0. The van der Waals surface area contributed by atoms with Crippen LogP contribution < -0.4 is 5.73 Å². The van der Waals surface area contributed by atoms with Crippen molar-refractivity contribution in [2.75, 3.05) is 18.9 Å². The maximum atomic E-state index is 13.9. The predicted octanol–water partition coefficient (Wildman–Crippen LogP) is 3.83. The first-order chi connectivity index (χ1) is 11.8. The molecular formula is C16H14BrF3N4O. The topological polar surface area (TPSA) is 76.9 Å². The highest BCUT2D eigenvalue weighted by atomic mass is 79.9. The maximum absolute atomic E-state index is 13.9. The lowest BCUT2D eigenvalue weighted by Gasteiger charge is -2.39. The summed E-state index contributed by atoms with van der Waals surface area (Å²) in [6, 6.07) is 8.67. The second kappa shape index (κ2) is 6.35. The zero-order chi connectivity index (χ0) is 18.2. The van der Waals surface area contributed by atoms with Crippen molar-refractivity contribution < 1.29 is 17.9 Å². The fraction of sp³-hybridized carbons (Fsp3) is 0.375. The van der Waals surface area contributed by atoms with Gasteiger partial charge in [0, 0.05) is 36.1 Å². The van der Waals surface area contributed by atoms with Crippen LogP contribution in [0.5, 0.6) is 0 Å². The first-order valence-electron chi connectivity index (χ1n) is 7.49. The number of nitriles is 1. The van der Waals surface area contributed by atoms with Crippen LogP contribution >= 0.6 is 15.9 Å². The molecule has 25 heavy (non-hydrogen) atoms. The minimum Gasteiger partial charge on any atom is -0.383 e. The van der Waals surface area contributed by atoms with Crippen molar-refractivity contribution in [1.29, 1.82) is 5.26 Å². The number of rotatable bonds is 2. The molecule has 3 rings (SSSR count). The molecule has 0 spiro atoms. The zero-order valence-corrected chi connectivity index (χ0v) is 14.6. The van der Waals surface area contributed by atoms with Gasteiger partial charge in [0.25, 0.3) is 0 Å². The largest absolute Gasteiger partial charge is 0.413 e. The summed E-state index contributed by atoms with van der Waals surface area (Å²) in [5.41, 5.74) is 4.26. The van der Waals surface area contributed by atoms with Gasteiger partial charge in [-0.15, -0.1) is 0 Å². The number of nitrogens with two attached hydrogens (primary N) is 1. The quantitative estimate of drug-likeness (QED) is 0.809. The highest BCUT2D eigenvalue weighted by molar-refractivity contribution is 9.10. The number of nitrogens with zero attached hydrogens (tertiary/aromatic N) is 3. The molecule has 0 unspecified atom stereocenters. The molecule has 5 nitrogen and oxygen atoms in total. The minimum atomic E-state index is -4.57. The molecular weight excluding hydrogens is 401 g/mol. The van der Waals surface area contributed by atoms with Crippen LogP contribution in [0.4, 0.5) is 19.0 Å². The Bertz CT molecular complexity index is 818. The van der Waals surface area contributed by atoms with Crippen molar-refractivity contribution >= 4 is 21.7 Å². The van der Waals surface area contributed by atoms with E-state index in [1.54, 1.807) is 24.3 Å². The second-order valence-corrected chi connectivity index (χ2v) is 6.70. The number of ether oxygens (including phenoxy) is 1. The molecule has 0 bridgehead atoms. The average molecular weight is 415 g/mol. The molecule has 0 saturated carbocycles. The number of anilines is 1. The molecule has 2 aromatic rings. The van der Waals surface area contributed by atoms with Gasteiger partial charge in [0.2, 0.25) is 0 Å². The molecule has 2 heterocycles. The van der Waals surface area contributed by atoms with Crippen molar-refractivity contribution in [3.63, 3.8) is 0 Å². The van der Waals surface area contributed by atoms with Crippen molar-refractivity contribution in [3.05, 3.63) is 34.3 Å². The van der Waals surface area contributed by atoms with Crippen LogP contribution in [0.25, 0.3) is 11.3 Å². The van der Waals surface area contributed by atoms with Crippen LogP contribution in [0, 0.1) is 11.3 Å². The first-order valence-corrected chi connectivity index (χ1v) is 8.29. The number of nitrogen functional groups attached to an aromatic ring is 1. The van der Waals surface area contributed by atoms with E-state index >= 15 is 0 Å². The smallest absolute Gasteiger partial charge is 0.383 e. The number of hydrogen-bond donors (Lipinski definition) is 1. The summed E-state index contributed by atoms with van der Waals surface area (Å²) < 4.78 is 48.4. The Labute approximate surface area is 150 Å². The van der Waals surface area contributed by atoms with E-state index in [4.69, 9.17) is 10.5 Å². The molecule has 1 aromatic heterocycles. The number of aromatic nitrogens is 2. The third-order valence-corrected chi connectivity index (χ3v) is 4.93. The van der Waals surface area contributed by atoms with Crippen molar-refractivity contribution in [2.45, 2.75) is 24.6 Å². The van der Waals surface area contributed by atoms with Gasteiger partial charge < -0.3 is 10.5 Å². The summed E-state index contributed by atoms with van der Waals surface area (Å²) in [5.74, 6) is -0.278. The molecule has 132 valence electrons. The second-order valence-electron chi connectivity index (χ2n) is 5.78. The summed E-state index contributed by atoms with van der Waals surface area (Å²) in [7, 11) is 0. The van der Waals surface area contributed by atoms with E-state index in [-0.39, 0.29) is 43.1 Å². The Morgan fingerprint density at radius 3 is 2.36 bits per heavy atom. The molecule has 2 N–H and O–H groups in total. The van der Waals surface area contributed by atoms with Crippen LogP contribution in [0.3, 0.4) is 0 Å². The van der Waals surface area contributed by atoms with Crippen LogP contribution in [0.15, 0.2) is 28.7 Å². The normalized spacial score (nSPS) is 17.2. The van der Waals surface area contributed by atoms with Crippen molar-refractivity contribution in [1.82, 2.24) is 9.78 Å². The van der Waals surface area contributed by atoms with Crippen LogP contribution in [0.2, 0.25) is 0 Å². The highest BCUT2D eigenvalue weighted by Crippen LogP contribution is 2.46. The van der Waals surface area contributed by atoms with Crippen molar-refractivity contribution in [2.24, 2.45) is 0 Å². The van der Waals surface area contributed by atoms with Gasteiger partial charge in [-0.3, -0.25) is 0 Å². The predicted molar refractivity (Wildman–Crippen MR) is 88.6 cm³/mol. The van der Waals surface area contributed by atoms with Crippen LogP contribution in [0.1, 0.15) is 18.4 Å². The summed E-state index contributed by atoms with van der Waals surface area (Å²) in [4.78, 5) is 0. The number of alkyl halides is 3. The Balaban J connectivity index is 2.20. The van der Waals surface area contributed by atoms with Gasteiger partial charge in [0.1, 0.15) is 23.1 Å². The lowest BCUT2D eigenvalue weighted by atomic mass is 9.89. The Morgan fingerprint density at radius 2 is 1.84 bits per heavy atom. The van der Waals surface area contributed by atoms with E-state index in [1.807, 2.05) is 6.07 Å². The van der Waals surface area contributed by atoms with Crippen molar-refractivity contribution in [3.8, 4) is 17.3 Å². The molecule has 0 radical (unpaired) electrons. The van der Waals surface area contributed by atoms with Gasteiger partial charge in [0.15, 0.2) is 5.54 Å². The Morgan fingerprint density at radius 1 is 1.24 bits per heavy atom. The summed E-state index contributed by atoms with van der Waals surface area (Å²) >= 11 is 3.29. The molecule has 1 aliphatic rings. The molecule has 1 fully saturated rings. The number of benzene rings is 1. The molecule has 0 atom stereocenters. The highest BCUT2D eigenvalue weighted by Gasteiger charge is 2.58. The first kappa shape index (κ1) is 17.8. The van der Waals surface area contributed by atoms with Gasteiger partial charge in [-0.25, -0.2) is 4.68 Å². The fourth-order valence-corrected chi connectivity index (χ4v) is 3.27. The van der Waals surface area contributed by atoms with Gasteiger partial charge in [0.05, 0.1) is 0 Å². The monoisotopic (exact) mass is 414 g/mol. The summed E-state index contributed by atoms with van der Waals surface area (Å²) in [5, 5.41) is 13.5. The Kier molecular flexibility index (Phi) is 4.51. The molecule has 9 heteroatoms. The van der Waals surface area contributed by atoms with E-state index in [2.05, 4.69) is 21.0 Å². The minimum absolute atomic E-state index is 0.0473. The lowest BCUT2D eigenvalue weighted by molar-refractivity contribution is -0.238. The van der Waals surface area contributed by atoms with Gasteiger partial charge in [-0.05, 0) is 12.1 Å². The standard InChI is InChI=1S/C16H14BrF3N4O/c17-11-3-1-10(2-4-11)13-12(9-21)14(22)24(23-13)15(16(18,19)20)5-7-25-8-6-15/h1-4H,5-8,22H2. The number of hydrogen-bond acceptors (Lipinski definition) is 4. The molecule has 0 amide bonds. The van der Waals surface area contributed by atoms with E-state index in [9.17, 15) is 18.4 Å². The Hall–Kier alpha value is -2.05. The summed E-state index contributed by atoms with van der Waals surface area (Å²) in [6.45, 7) is -0.0946. The van der Waals surface area contributed by atoms with E-state index < -0.39 is 11.7 Å². The molecule has 0 aliphatic carbocycles. The number of halogens is 4. The van der Waals surface area contributed by atoms with E-state index in [0.717, 1.165) is 9.15 Å². The molecule has 1 aromatic carbocycles. The van der Waals surface area contributed by atoms with Crippen LogP contribution in [-0.2, 0) is 10.3 Å². The third-order valence-electron chi connectivity index (χ3n) is 4.40. The summed E-state index contributed by atoms with van der Waals surface area (Å²) in [6.07, 6.45) is -5.17. The van der Waals surface area contributed by atoms with Gasteiger partial charge in [-0.1, -0.05) is 28.1 Å².